The van der Waals surface area contributed by atoms with Gasteiger partial charge in [-0.05, 0) is 42.7 Å². The highest BCUT2D eigenvalue weighted by atomic mass is 14.7. The van der Waals surface area contributed by atoms with Gasteiger partial charge in [-0.25, -0.2) is 0 Å². The summed E-state index contributed by atoms with van der Waals surface area (Å²) < 4.78 is 0. The van der Waals surface area contributed by atoms with Gasteiger partial charge in [-0.15, -0.1) is 0 Å². The van der Waals surface area contributed by atoms with E-state index >= 15 is 0 Å². The first-order valence-electron chi connectivity index (χ1n) is 8.64. The molecule has 0 radical (unpaired) electrons. The zero-order valence-corrected chi connectivity index (χ0v) is 14.6. The minimum Gasteiger partial charge on any atom is -0.358 e. The fourth-order valence-corrected chi connectivity index (χ4v) is 3.37. The monoisotopic (exact) mass is 323 g/mol. The molecule has 1 N–H and O–H groups in total. The Morgan fingerprint density at radius 2 is 1.44 bits per heavy atom. The predicted molar refractivity (Wildman–Crippen MR) is 108 cm³/mol. The van der Waals surface area contributed by atoms with Gasteiger partial charge in [-0.3, -0.25) is 0 Å². The van der Waals surface area contributed by atoms with Crippen LogP contribution in [0.4, 0.5) is 0 Å². The van der Waals surface area contributed by atoms with E-state index in [-0.39, 0.29) is 0 Å². The Morgan fingerprint density at radius 3 is 2.20 bits per heavy atom. The molecule has 1 aromatic heterocycles. The van der Waals surface area contributed by atoms with Crippen molar-refractivity contribution in [3.05, 3.63) is 107 Å². The third-order valence-corrected chi connectivity index (χ3v) is 4.64. The standard InChI is InChI=1S/C24H21N/c1-17-12-14-20(15-13-17)22(16-19-8-4-3-5-9-19)24-18(2)25-23-11-7-6-10-21(23)24/h3-16,25H,1-2H3/b22-16+. The highest BCUT2D eigenvalue weighted by Crippen LogP contribution is 2.34. The molecule has 0 spiro atoms. The first-order valence-corrected chi connectivity index (χ1v) is 8.64. The first-order chi connectivity index (χ1) is 12.2. The molecule has 1 nitrogen and oxygen atoms in total. The molecule has 0 amide bonds. The zero-order chi connectivity index (χ0) is 17.2. The van der Waals surface area contributed by atoms with Gasteiger partial charge in [0.05, 0.1) is 0 Å². The molecule has 0 unspecified atom stereocenters. The molecule has 0 aliphatic rings. The number of aromatic nitrogens is 1. The van der Waals surface area contributed by atoms with E-state index < -0.39 is 0 Å². The van der Waals surface area contributed by atoms with Gasteiger partial charge in [0.15, 0.2) is 0 Å². The van der Waals surface area contributed by atoms with Crippen molar-refractivity contribution in [2.75, 3.05) is 0 Å². The maximum absolute atomic E-state index is 3.53. The number of benzene rings is 3. The maximum Gasteiger partial charge on any atom is 0.0462 e. The number of nitrogens with one attached hydrogen (secondary N) is 1. The van der Waals surface area contributed by atoms with E-state index in [1.165, 1.54) is 44.4 Å². The van der Waals surface area contributed by atoms with Gasteiger partial charge in [-0.1, -0.05) is 78.4 Å². The highest BCUT2D eigenvalue weighted by Gasteiger charge is 2.14. The van der Waals surface area contributed by atoms with Crippen LogP contribution < -0.4 is 0 Å². The van der Waals surface area contributed by atoms with E-state index in [0.717, 1.165) is 0 Å². The quantitative estimate of drug-likeness (QED) is 0.421. The van der Waals surface area contributed by atoms with Crippen LogP contribution in [0.25, 0.3) is 22.6 Å². The first kappa shape index (κ1) is 15.5. The molecule has 25 heavy (non-hydrogen) atoms. The van der Waals surface area contributed by atoms with Crippen LogP contribution in [0.5, 0.6) is 0 Å². The lowest BCUT2D eigenvalue weighted by molar-refractivity contribution is 1.28. The lowest BCUT2D eigenvalue weighted by Crippen LogP contribution is -1.91. The number of hydrogen-bond acceptors (Lipinski definition) is 0. The third kappa shape index (κ3) is 3.01. The van der Waals surface area contributed by atoms with E-state index in [1.54, 1.807) is 0 Å². The van der Waals surface area contributed by atoms with Crippen molar-refractivity contribution in [2.45, 2.75) is 13.8 Å². The van der Waals surface area contributed by atoms with Crippen LogP contribution in [0.1, 0.15) is 27.9 Å². The van der Waals surface area contributed by atoms with Crippen molar-refractivity contribution in [1.29, 1.82) is 0 Å². The SMILES string of the molecule is Cc1ccc(/C(=C\c2ccccc2)c2c(C)[nH]c3ccccc23)cc1. The highest BCUT2D eigenvalue weighted by molar-refractivity contribution is 6.03. The van der Waals surface area contributed by atoms with Gasteiger partial charge in [0, 0.05) is 22.2 Å². The van der Waals surface area contributed by atoms with E-state index in [9.17, 15) is 0 Å². The normalized spacial score (nSPS) is 11.8. The molecule has 3 aromatic carbocycles. The summed E-state index contributed by atoms with van der Waals surface area (Å²) in [6.07, 6.45) is 2.28. The van der Waals surface area contributed by atoms with Crippen molar-refractivity contribution >= 4 is 22.6 Å². The fraction of sp³-hybridized carbons (Fsp3) is 0.0833. The van der Waals surface area contributed by atoms with Crippen LogP contribution in [-0.4, -0.2) is 4.98 Å². The summed E-state index contributed by atoms with van der Waals surface area (Å²) in [6, 6.07) is 27.8. The van der Waals surface area contributed by atoms with Crippen LogP contribution in [0.15, 0.2) is 78.9 Å². The molecule has 1 heteroatoms. The Bertz CT molecular complexity index is 1030. The molecule has 0 atom stereocenters. The Balaban J connectivity index is 1.98. The van der Waals surface area contributed by atoms with Gasteiger partial charge < -0.3 is 4.98 Å². The molecule has 0 saturated carbocycles. The summed E-state index contributed by atoms with van der Waals surface area (Å²) in [7, 11) is 0. The van der Waals surface area contributed by atoms with Gasteiger partial charge >= 0.3 is 0 Å². The average Bonchev–Trinajstić information content (AvgIpc) is 2.97. The summed E-state index contributed by atoms with van der Waals surface area (Å²) in [5, 5.41) is 1.27. The Kier molecular flexibility index (Phi) is 3.99. The molecule has 4 aromatic rings. The Labute approximate surface area is 148 Å². The molecule has 0 aliphatic carbocycles. The zero-order valence-electron chi connectivity index (χ0n) is 14.6. The van der Waals surface area contributed by atoms with Crippen LogP contribution in [-0.2, 0) is 0 Å². The Hall–Kier alpha value is -3.06. The number of aryl methyl sites for hydroxylation is 2. The summed E-state index contributed by atoms with van der Waals surface area (Å²) in [5.74, 6) is 0. The molecular formula is C24H21N. The summed E-state index contributed by atoms with van der Waals surface area (Å²) >= 11 is 0. The van der Waals surface area contributed by atoms with E-state index in [0.29, 0.717) is 0 Å². The lowest BCUT2D eigenvalue weighted by Gasteiger charge is -2.10. The Morgan fingerprint density at radius 1 is 0.760 bits per heavy atom. The second kappa shape index (κ2) is 6.45. The molecule has 0 fully saturated rings. The minimum atomic E-state index is 1.18. The summed E-state index contributed by atoms with van der Waals surface area (Å²) in [6.45, 7) is 4.28. The van der Waals surface area contributed by atoms with Crippen LogP contribution in [0, 0.1) is 13.8 Å². The van der Waals surface area contributed by atoms with Crippen molar-refractivity contribution < 1.29 is 0 Å². The van der Waals surface area contributed by atoms with E-state index in [2.05, 4.69) is 104 Å². The number of fused-ring (bicyclic) bond motifs is 1. The van der Waals surface area contributed by atoms with Gasteiger partial charge in [0.25, 0.3) is 0 Å². The lowest BCUT2D eigenvalue weighted by atomic mass is 9.93. The third-order valence-electron chi connectivity index (χ3n) is 4.64. The second-order valence-electron chi connectivity index (χ2n) is 6.51. The maximum atomic E-state index is 3.53. The summed E-state index contributed by atoms with van der Waals surface area (Å²) in [4.78, 5) is 3.53. The molecule has 0 saturated heterocycles. The van der Waals surface area contributed by atoms with E-state index in [1.807, 2.05) is 0 Å². The number of H-pyrrole nitrogens is 1. The fourth-order valence-electron chi connectivity index (χ4n) is 3.37. The average molecular weight is 323 g/mol. The molecule has 0 bridgehead atoms. The molecule has 122 valence electrons. The minimum absolute atomic E-state index is 1.18. The molecule has 4 rings (SSSR count). The predicted octanol–water partition coefficient (Wildman–Crippen LogP) is 6.37. The largest absolute Gasteiger partial charge is 0.358 e. The molecule has 1 heterocycles. The number of hydrogen-bond donors (Lipinski definition) is 1. The number of aromatic amines is 1. The van der Waals surface area contributed by atoms with Crippen molar-refractivity contribution in [3.8, 4) is 0 Å². The van der Waals surface area contributed by atoms with Gasteiger partial charge in [0.1, 0.15) is 0 Å². The van der Waals surface area contributed by atoms with E-state index in [4.69, 9.17) is 0 Å². The number of para-hydroxylation sites is 1. The van der Waals surface area contributed by atoms with Gasteiger partial charge in [0.2, 0.25) is 0 Å². The van der Waals surface area contributed by atoms with Crippen molar-refractivity contribution in [3.63, 3.8) is 0 Å². The molecule has 0 aliphatic heterocycles. The second-order valence-corrected chi connectivity index (χ2v) is 6.51. The summed E-state index contributed by atoms with van der Waals surface area (Å²) in [5.41, 5.74) is 8.64. The van der Waals surface area contributed by atoms with Crippen LogP contribution in [0.2, 0.25) is 0 Å². The smallest absolute Gasteiger partial charge is 0.0462 e. The molecular weight excluding hydrogens is 302 g/mol. The van der Waals surface area contributed by atoms with Crippen molar-refractivity contribution in [2.24, 2.45) is 0 Å². The number of rotatable bonds is 3. The van der Waals surface area contributed by atoms with Crippen LogP contribution in [0.3, 0.4) is 0 Å². The van der Waals surface area contributed by atoms with Crippen LogP contribution >= 0.6 is 0 Å². The van der Waals surface area contributed by atoms with Crippen molar-refractivity contribution in [1.82, 2.24) is 4.98 Å². The van der Waals surface area contributed by atoms with Gasteiger partial charge in [-0.2, -0.15) is 0 Å². The topological polar surface area (TPSA) is 15.8 Å².